The molecule has 36 nitrogen and oxygen atoms in total. The first-order valence-electron chi connectivity index (χ1n) is 32.5. The number of amides is 6. The maximum absolute atomic E-state index is 13.5. The largest absolute Gasteiger partial charge is 0.768 e. The Morgan fingerprint density at radius 2 is 1.14 bits per heavy atom. The van der Waals surface area contributed by atoms with Gasteiger partial charge in [-0.15, -0.1) is 0 Å². The van der Waals surface area contributed by atoms with Crippen LogP contribution in [-0.4, -0.2) is 276 Å². The van der Waals surface area contributed by atoms with Crippen LogP contribution in [0.25, 0.3) is 10.9 Å². The number of aryl methyl sites for hydroxylation is 4. The molecule has 1 aliphatic rings. The van der Waals surface area contributed by atoms with E-state index < -0.39 is 121 Å². The van der Waals surface area contributed by atoms with Crippen molar-refractivity contribution < 1.29 is 96.6 Å². The van der Waals surface area contributed by atoms with Crippen molar-refractivity contribution in [2.45, 2.75) is 109 Å². The fraction of sp³-hybridized carbons (Fsp3) is 0.531. The number of rotatable bonds is 39. The lowest BCUT2D eigenvalue weighted by molar-refractivity contribution is -0.143. The summed E-state index contributed by atoms with van der Waals surface area (Å²) < 4.78 is 28.8. The number of Topliss-reactive ketones (excluding diaryl/α,β-unsaturated/α-hetero) is 1. The van der Waals surface area contributed by atoms with Crippen molar-refractivity contribution in [1.82, 2.24) is 66.0 Å². The highest BCUT2D eigenvalue weighted by Crippen LogP contribution is 2.20. The Kier molecular flexibility index (Phi) is 36.3. The van der Waals surface area contributed by atoms with E-state index in [1.807, 2.05) is 39.0 Å². The lowest BCUT2D eigenvalue weighted by atomic mass is 10.1. The first kappa shape index (κ1) is 83.8. The van der Waals surface area contributed by atoms with Gasteiger partial charge in [0.15, 0.2) is 5.95 Å². The molecule has 0 saturated carbocycles. The van der Waals surface area contributed by atoms with Gasteiger partial charge in [-0.25, -0.2) is 4.98 Å². The molecular weight excluding hydrogens is 1350 g/mol. The number of pyridine rings is 1. The molecule has 1 aliphatic heterocycles. The molecule has 101 heavy (non-hydrogen) atoms. The molecule has 2 aromatic heterocycles. The second kappa shape index (κ2) is 43.8. The molecule has 6 amide bonds. The quantitative estimate of drug-likeness (QED) is 0.0163. The van der Waals surface area contributed by atoms with Crippen LogP contribution in [0.4, 0.5) is 5.95 Å². The normalized spacial score (nSPS) is 14.6. The Morgan fingerprint density at radius 1 is 0.644 bits per heavy atom. The third-order valence-electron chi connectivity index (χ3n) is 15.6. The van der Waals surface area contributed by atoms with E-state index in [0.29, 0.717) is 35.7 Å². The Hall–Kier alpha value is -9.63. The molecule has 556 valence electrons. The number of aromatic amines is 1. The van der Waals surface area contributed by atoms with Crippen LogP contribution in [0.5, 0.6) is 0 Å². The van der Waals surface area contributed by atoms with Crippen LogP contribution in [-0.2, 0) is 81.6 Å². The summed E-state index contributed by atoms with van der Waals surface area (Å²) in [5.41, 5.74) is 9.20. The van der Waals surface area contributed by atoms with E-state index in [1.54, 1.807) is 34.0 Å². The van der Waals surface area contributed by atoms with Gasteiger partial charge >= 0.3 is 29.8 Å². The van der Waals surface area contributed by atoms with E-state index in [-0.39, 0.29) is 153 Å². The number of ether oxygens (including phenoxy) is 1. The van der Waals surface area contributed by atoms with Gasteiger partial charge in [-0.2, -0.15) is 0 Å². The number of hydrogen-bond acceptors (Lipinski definition) is 23. The number of fused-ring (bicyclic) bond motifs is 1. The standard InChI is InChI=1S/C55H81N15O19.C9H12O2S/c1-35(71)39(56)29-62-52(86)38-30-70(42-25-36(5-6-37(42)51(38)85)28-63-55-60-12-13-61-55)14-2-9-57-43(72)7-8-44(73)58-10-3-23-89-24-4-11-59-53(87)40(26-46(75)76)65-54(88)41(27-47(77)78)64-45(74)31-66-15-17-67(32-48(79)80)19-21-69(34-50(83)84)22-20-68(18-16-66)33-49(81)82;1-6-4-7(2)9(12(10)11)8(3)5-6/h5-6,12-13,25,30,39-41H,2-4,7-11,14-24,26-29,31-34,56H2,1H3,(H,57,72)(H,58,73)(H,59,87)(H,62,86)(H,64,74)(H,65,88)(H,75,76)(H,77,78)(H,79,80)(H,81,82)(H,83,84)(H2,60,61,63);4-5H,1-3H3,(H,10,11)/p-1/t39-,40+,41+;/m0./s1. The van der Waals surface area contributed by atoms with Gasteiger partial charge in [0.2, 0.25) is 35.0 Å². The molecular formula is C64H92N15O21S-. The Morgan fingerprint density at radius 3 is 1.61 bits per heavy atom. The number of carbonyl (C=O) groups excluding carboxylic acids is 7. The van der Waals surface area contributed by atoms with Gasteiger partial charge in [0.25, 0.3) is 5.91 Å². The number of nitrogens with two attached hydrogens (primary N) is 1. The number of ketones is 1. The fourth-order valence-electron chi connectivity index (χ4n) is 10.5. The lowest BCUT2D eigenvalue weighted by Crippen LogP contribution is -2.56. The van der Waals surface area contributed by atoms with Crippen molar-refractivity contribution in [3.8, 4) is 0 Å². The van der Waals surface area contributed by atoms with Gasteiger partial charge in [0.05, 0.1) is 50.6 Å². The molecule has 4 aromatic rings. The van der Waals surface area contributed by atoms with Crippen molar-refractivity contribution in [1.29, 1.82) is 0 Å². The van der Waals surface area contributed by atoms with Crippen LogP contribution in [0.3, 0.4) is 0 Å². The van der Waals surface area contributed by atoms with Crippen LogP contribution < -0.4 is 48.4 Å². The Labute approximate surface area is 584 Å². The summed E-state index contributed by atoms with van der Waals surface area (Å²) in [6.07, 6.45) is 3.57. The van der Waals surface area contributed by atoms with Crippen LogP contribution in [0, 0.1) is 20.8 Å². The number of hydrogen-bond donors (Lipinski definition) is 14. The predicted molar refractivity (Wildman–Crippen MR) is 363 cm³/mol. The summed E-state index contributed by atoms with van der Waals surface area (Å²) >= 11 is -2.11. The van der Waals surface area contributed by atoms with Crippen molar-refractivity contribution >= 4 is 99.0 Å². The minimum absolute atomic E-state index is 0.0321. The van der Waals surface area contributed by atoms with E-state index in [4.69, 9.17) is 10.5 Å². The van der Waals surface area contributed by atoms with Gasteiger partial charge in [-0.05, 0) is 86.9 Å². The van der Waals surface area contributed by atoms with E-state index in [0.717, 1.165) is 22.3 Å². The maximum atomic E-state index is 13.5. The summed E-state index contributed by atoms with van der Waals surface area (Å²) in [6, 6.07) is 4.47. The molecule has 0 radical (unpaired) electrons. The SMILES string of the molecule is CC(=O)[C@@H](N)CNC(=O)c1cn(CCCNC(=O)CCC(=O)NCCCOCCCNC(=O)[C@@H](CC(=O)O)NC(=O)[C@@H](CC(=O)O)NC(=O)CN2CCN(CC(=O)O)CCN(CC(=O)O)CCN(CC(=O)O)CC2)c2cc(CNc3ncc[nH]3)ccc2c1=O.Cc1cc(C)c(S(=O)[O-])c(C)c1. The first-order chi connectivity index (χ1) is 47.9. The Bertz CT molecular complexity index is 3540. The topological polar surface area (TPSA) is 529 Å². The second-order valence-electron chi connectivity index (χ2n) is 23.9. The molecule has 0 bridgehead atoms. The summed E-state index contributed by atoms with van der Waals surface area (Å²) in [5.74, 6) is -10.7. The number of anilines is 1. The Balaban J connectivity index is 0.00000162. The third-order valence-corrected chi connectivity index (χ3v) is 16.5. The van der Waals surface area contributed by atoms with E-state index in [9.17, 15) is 96.6 Å². The molecule has 1 unspecified atom stereocenters. The molecule has 5 rings (SSSR count). The summed E-state index contributed by atoms with van der Waals surface area (Å²) in [6.45, 7) is 6.98. The van der Waals surface area contributed by atoms with Crippen LogP contribution in [0.1, 0.15) is 84.5 Å². The molecule has 2 aromatic carbocycles. The van der Waals surface area contributed by atoms with Crippen molar-refractivity contribution in [3.05, 3.63) is 87.0 Å². The summed E-state index contributed by atoms with van der Waals surface area (Å²) in [4.78, 5) is 176. The molecule has 0 aliphatic carbocycles. The maximum Gasteiger partial charge on any atom is 0.317 e. The lowest BCUT2D eigenvalue weighted by Gasteiger charge is -2.33. The fourth-order valence-corrected chi connectivity index (χ4v) is 11.1. The monoisotopic (exact) mass is 1440 g/mol. The highest BCUT2D eigenvalue weighted by atomic mass is 32.2. The van der Waals surface area contributed by atoms with Gasteiger partial charge in [-0.1, -0.05) is 23.8 Å². The minimum Gasteiger partial charge on any atom is -0.768 e. The molecule has 4 atom stereocenters. The molecule has 3 heterocycles. The number of aliphatic carboxylic acids is 5. The minimum atomic E-state index is -2.11. The number of nitrogens with one attached hydrogen (secondary N) is 8. The average molecular weight is 1440 g/mol. The number of nitrogens with zero attached hydrogens (tertiary/aromatic N) is 6. The van der Waals surface area contributed by atoms with E-state index in [2.05, 4.69) is 47.2 Å². The number of benzene rings is 2. The zero-order chi connectivity index (χ0) is 74.7. The number of carboxylic acids is 5. The van der Waals surface area contributed by atoms with Crippen LogP contribution in [0.15, 0.2) is 58.6 Å². The van der Waals surface area contributed by atoms with Crippen molar-refractivity contribution in [2.75, 3.05) is 123 Å². The third kappa shape index (κ3) is 32.1. The summed E-state index contributed by atoms with van der Waals surface area (Å²) in [5, 5.41) is 66.1. The highest BCUT2D eigenvalue weighted by Gasteiger charge is 2.31. The smallest absolute Gasteiger partial charge is 0.317 e. The van der Waals surface area contributed by atoms with Gasteiger partial charge in [0.1, 0.15) is 23.4 Å². The van der Waals surface area contributed by atoms with Crippen molar-refractivity contribution in [2.24, 2.45) is 5.73 Å². The number of aromatic nitrogens is 3. The van der Waals surface area contributed by atoms with Gasteiger partial charge < -0.3 is 87.3 Å². The van der Waals surface area contributed by atoms with E-state index in [1.165, 1.54) is 27.8 Å². The first-order valence-corrected chi connectivity index (χ1v) is 33.5. The predicted octanol–water partition coefficient (Wildman–Crippen LogP) is -2.46. The molecule has 15 N–H and O–H groups in total. The summed E-state index contributed by atoms with van der Waals surface area (Å²) in [7, 11) is 0. The average Bonchev–Trinajstić information content (AvgIpc) is 0.888. The molecule has 1 fully saturated rings. The zero-order valence-corrected chi connectivity index (χ0v) is 57.7. The van der Waals surface area contributed by atoms with Gasteiger partial charge in [0, 0.05) is 147 Å². The molecule has 0 spiro atoms. The van der Waals surface area contributed by atoms with Crippen molar-refractivity contribution in [3.63, 3.8) is 0 Å². The van der Waals surface area contributed by atoms with Gasteiger partial charge in [-0.3, -0.25) is 86.1 Å². The zero-order valence-electron chi connectivity index (χ0n) is 56.9. The highest BCUT2D eigenvalue weighted by molar-refractivity contribution is 7.79. The second-order valence-corrected chi connectivity index (χ2v) is 24.8. The van der Waals surface area contributed by atoms with E-state index >= 15 is 0 Å². The molecule has 1 saturated heterocycles. The number of H-pyrrole nitrogens is 1. The van der Waals surface area contributed by atoms with Crippen LogP contribution in [0.2, 0.25) is 0 Å². The number of imidazole rings is 1. The number of carboxylic acid groups (broad SMARTS) is 5. The molecule has 37 heteroatoms. The van der Waals surface area contributed by atoms with Crippen LogP contribution >= 0.6 is 0 Å². The number of carbonyl (C=O) groups is 12.